The molecule has 0 aromatic rings. The molecule has 0 aliphatic carbocycles. The molecule has 0 saturated heterocycles. The van der Waals surface area contributed by atoms with Gasteiger partial charge in [-0.05, 0) is 0 Å². The molecule has 0 rings (SSSR count). The Balaban J connectivity index is 0. The predicted octanol–water partition coefficient (Wildman–Crippen LogP) is -0.832. The standard InChI is InChI=1S/Co.2Mn.H2O/h;;;1H2. The Hall–Kier alpha value is 1.51. The molecule has 0 fully saturated rings. The van der Waals surface area contributed by atoms with Gasteiger partial charge < -0.3 is 5.48 Å². The van der Waals surface area contributed by atoms with Gasteiger partial charge in [-0.3, -0.25) is 0 Å². The van der Waals surface area contributed by atoms with Gasteiger partial charge in [0.25, 0.3) is 0 Å². The van der Waals surface area contributed by atoms with Crippen molar-refractivity contribution in [3.63, 3.8) is 0 Å². The maximum atomic E-state index is 0. The normalized spacial score (nSPS) is 0. The summed E-state index contributed by atoms with van der Waals surface area (Å²) in [7, 11) is 0. The minimum absolute atomic E-state index is 0. The molecular weight excluding hydrogens is 185 g/mol. The third-order valence-corrected chi connectivity index (χ3v) is 0. The van der Waals surface area contributed by atoms with Crippen LogP contribution in [0.4, 0.5) is 0 Å². The van der Waals surface area contributed by atoms with Gasteiger partial charge in [-0.25, -0.2) is 0 Å². The van der Waals surface area contributed by atoms with Gasteiger partial charge in [-0.15, -0.1) is 0 Å². The van der Waals surface area contributed by atoms with Gasteiger partial charge >= 0.3 is 0 Å². The SMILES string of the molecule is O.[Co].[Mn].[Mn]. The molecule has 3 radical (unpaired) electrons. The first-order valence-electron chi connectivity index (χ1n) is 0. The van der Waals surface area contributed by atoms with E-state index >= 15 is 0 Å². The molecule has 0 aromatic heterocycles. The van der Waals surface area contributed by atoms with Crippen molar-refractivity contribution in [2.24, 2.45) is 0 Å². The monoisotopic (exact) mass is 187 g/mol. The molecule has 0 amide bonds. The van der Waals surface area contributed by atoms with Gasteiger partial charge in [0.05, 0.1) is 0 Å². The molecule has 0 unspecified atom stereocenters. The largest absolute Gasteiger partial charge is 0.412 e. The Morgan fingerprint density at radius 3 is 0.750 bits per heavy atom. The molecule has 0 saturated carbocycles. The molecule has 0 bridgehead atoms. The quantitative estimate of drug-likeness (QED) is 0.443. The van der Waals surface area contributed by atoms with Gasteiger partial charge in [0.2, 0.25) is 0 Å². The Morgan fingerprint density at radius 1 is 0.750 bits per heavy atom. The van der Waals surface area contributed by atoms with Crippen molar-refractivity contribution in [1.82, 2.24) is 0 Å². The number of hydrogen-bond acceptors (Lipinski definition) is 0. The molecule has 2 N–H and O–H groups in total. The Labute approximate surface area is 56.4 Å². The number of rotatable bonds is 0. The summed E-state index contributed by atoms with van der Waals surface area (Å²) in [6.45, 7) is 0. The van der Waals surface area contributed by atoms with Gasteiger partial charge in [-0.1, -0.05) is 0 Å². The summed E-state index contributed by atoms with van der Waals surface area (Å²) in [6.07, 6.45) is 0. The Kier molecular flexibility index (Phi) is 301. The molecule has 0 aromatic carbocycles. The summed E-state index contributed by atoms with van der Waals surface area (Å²) in [5.74, 6) is 0. The second kappa shape index (κ2) is 24.4. The summed E-state index contributed by atoms with van der Waals surface area (Å²) in [4.78, 5) is 0. The fourth-order valence-corrected chi connectivity index (χ4v) is 0. The van der Waals surface area contributed by atoms with Crippen LogP contribution in [0.2, 0.25) is 0 Å². The summed E-state index contributed by atoms with van der Waals surface area (Å²) in [5.41, 5.74) is 0. The van der Waals surface area contributed by atoms with E-state index in [4.69, 9.17) is 0 Å². The summed E-state index contributed by atoms with van der Waals surface area (Å²) in [5, 5.41) is 0. The molecular formula is H2CoMn2O. The average molecular weight is 187 g/mol. The van der Waals surface area contributed by atoms with E-state index in [1.165, 1.54) is 0 Å². The van der Waals surface area contributed by atoms with Gasteiger partial charge in [0.1, 0.15) is 0 Å². The molecule has 0 spiro atoms. The van der Waals surface area contributed by atoms with Crippen molar-refractivity contribution in [2.45, 2.75) is 0 Å². The van der Waals surface area contributed by atoms with E-state index in [1.54, 1.807) is 0 Å². The fourth-order valence-electron chi connectivity index (χ4n) is 0. The third-order valence-electron chi connectivity index (χ3n) is 0. The van der Waals surface area contributed by atoms with Gasteiger partial charge in [-0.2, -0.15) is 0 Å². The predicted molar refractivity (Wildman–Crippen MR) is 3.61 cm³/mol. The molecule has 4 heteroatoms. The van der Waals surface area contributed by atoms with Crippen LogP contribution in [0.15, 0.2) is 0 Å². The molecule has 1 nitrogen and oxygen atoms in total. The number of hydrogen-bond donors (Lipinski definition) is 0. The third kappa shape index (κ3) is 9.71. The van der Waals surface area contributed by atoms with Crippen LogP contribution < -0.4 is 0 Å². The zero-order chi connectivity index (χ0) is 0. The van der Waals surface area contributed by atoms with Crippen LogP contribution in [0.5, 0.6) is 0 Å². The molecule has 4 heavy (non-hydrogen) atoms. The fraction of sp³-hybridized carbons (Fsp3) is 0. The maximum absolute atomic E-state index is 0. The average Bonchev–Trinajstić information content (AvgIpc) is 0. The van der Waals surface area contributed by atoms with Crippen LogP contribution in [0.25, 0.3) is 0 Å². The van der Waals surface area contributed by atoms with E-state index in [0.717, 1.165) is 0 Å². The summed E-state index contributed by atoms with van der Waals surface area (Å²) >= 11 is 0. The van der Waals surface area contributed by atoms with Gasteiger partial charge in [0.15, 0.2) is 0 Å². The van der Waals surface area contributed by atoms with Crippen molar-refractivity contribution in [3.8, 4) is 0 Å². The molecule has 0 aliphatic heterocycles. The van der Waals surface area contributed by atoms with Crippen molar-refractivity contribution in [2.75, 3.05) is 0 Å². The van der Waals surface area contributed by atoms with Crippen LogP contribution in [-0.2, 0) is 50.9 Å². The molecule has 0 aliphatic rings. The van der Waals surface area contributed by atoms with Crippen molar-refractivity contribution >= 4 is 0 Å². The summed E-state index contributed by atoms with van der Waals surface area (Å²) < 4.78 is 0. The first-order chi connectivity index (χ1) is 0. The molecule has 31 valence electrons. The zero-order valence-corrected chi connectivity index (χ0v) is 4.99. The van der Waals surface area contributed by atoms with E-state index < -0.39 is 0 Å². The van der Waals surface area contributed by atoms with Crippen LogP contribution in [0, 0.1) is 0 Å². The minimum Gasteiger partial charge on any atom is -0.412 e. The van der Waals surface area contributed by atoms with Crippen molar-refractivity contribution < 1.29 is 56.4 Å². The van der Waals surface area contributed by atoms with Crippen LogP contribution in [0.1, 0.15) is 0 Å². The van der Waals surface area contributed by atoms with E-state index in [1.807, 2.05) is 0 Å². The second-order valence-electron chi connectivity index (χ2n) is 0. The Morgan fingerprint density at radius 2 is 0.750 bits per heavy atom. The maximum Gasteiger partial charge on any atom is 0 e. The topological polar surface area (TPSA) is 31.5 Å². The van der Waals surface area contributed by atoms with E-state index in [9.17, 15) is 0 Å². The van der Waals surface area contributed by atoms with Crippen LogP contribution in [0.3, 0.4) is 0 Å². The molecule has 0 atom stereocenters. The zero-order valence-electron chi connectivity index (χ0n) is 1.59. The van der Waals surface area contributed by atoms with Crippen LogP contribution in [-0.4, -0.2) is 5.48 Å². The first kappa shape index (κ1) is 49.3. The Bertz CT molecular complexity index is 6.00. The smallest absolute Gasteiger partial charge is 0 e. The van der Waals surface area contributed by atoms with E-state index in [2.05, 4.69) is 0 Å². The van der Waals surface area contributed by atoms with E-state index in [-0.39, 0.29) is 56.4 Å². The minimum atomic E-state index is 0. The van der Waals surface area contributed by atoms with Gasteiger partial charge in [0, 0.05) is 50.9 Å². The summed E-state index contributed by atoms with van der Waals surface area (Å²) in [6, 6.07) is 0. The first-order valence-corrected chi connectivity index (χ1v) is 0. The molecule has 0 heterocycles. The van der Waals surface area contributed by atoms with Crippen molar-refractivity contribution in [3.05, 3.63) is 0 Å². The van der Waals surface area contributed by atoms with Crippen molar-refractivity contribution in [1.29, 1.82) is 0 Å². The van der Waals surface area contributed by atoms with Crippen LogP contribution >= 0.6 is 0 Å². The second-order valence-corrected chi connectivity index (χ2v) is 0. The van der Waals surface area contributed by atoms with E-state index in [0.29, 0.717) is 0 Å².